The van der Waals surface area contributed by atoms with E-state index in [0.29, 0.717) is 22.7 Å². The maximum atomic E-state index is 12.9. The van der Waals surface area contributed by atoms with Crippen molar-refractivity contribution in [3.63, 3.8) is 0 Å². The summed E-state index contributed by atoms with van der Waals surface area (Å²) in [5, 5.41) is 12.9. The van der Waals surface area contributed by atoms with Crippen LogP contribution in [0.2, 0.25) is 0 Å². The lowest BCUT2D eigenvalue weighted by molar-refractivity contribution is 0.777. The van der Waals surface area contributed by atoms with Crippen LogP contribution in [0.15, 0.2) is 47.5 Å². The third kappa shape index (κ3) is 1.51. The second-order valence-corrected chi connectivity index (χ2v) is 4.49. The van der Waals surface area contributed by atoms with Crippen molar-refractivity contribution in [3.8, 4) is 0 Å². The molecule has 1 heterocycles. The molecule has 0 saturated heterocycles. The van der Waals surface area contributed by atoms with Crippen LogP contribution in [0.3, 0.4) is 0 Å². The number of hydrogen-bond acceptors (Lipinski definition) is 3. The summed E-state index contributed by atoms with van der Waals surface area (Å²) in [7, 11) is 0. The van der Waals surface area contributed by atoms with Gasteiger partial charge in [-0.2, -0.15) is 4.99 Å². The van der Waals surface area contributed by atoms with Gasteiger partial charge >= 0.3 is 0 Å². The number of nitrogen functional groups attached to an aromatic ring is 1. The SMILES string of the molecule is Cc1ccc([N+]2([O-])C=Nc3cc(N)ccc32)cc1. The van der Waals surface area contributed by atoms with Crippen LogP contribution in [0.5, 0.6) is 0 Å². The van der Waals surface area contributed by atoms with Crippen LogP contribution in [0.4, 0.5) is 22.7 Å². The number of anilines is 1. The minimum absolute atomic E-state index is 0.605. The Balaban J connectivity index is 2.14. The predicted molar refractivity (Wildman–Crippen MR) is 75.0 cm³/mol. The monoisotopic (exact) mass is 239 g/mol. The average Bonchev–Trinajstić information content (AvgIpc) is 2.68. The molecule has 1 atom stereocenters. The Bertz CT molecular complexity index is 634. The maximum absolute atomic E-state index is 12.9. The summed E-state index contributed by atoms with van der Waals surface area (Å²) < 4.78 is -0.657. The maximum Gasteiger partial charge on any atom is 0.201 e. The van der Waals surface area contributed by atoms with Crippen molar-refractivity contribution in [1.29, 1.82) is 0 Å². The van der Waals surface area contributed by atoms with Crippen LogP contribution in [0, 0.1) is 12.1 Å². The molecule has 18 heavy (non-hydrogen) atoms. The smallest absolute Gasteiger partial charge is 0.201 e. The van der Waals surface area contributed by atoms with E-state index in [1.54, 1.807) is 18.2 Å². The summed E-state index contributed by atoms with van der Waals surface area (Å²) in [6.07, 6.45) is 1.40. The number of hydrogen-bond donors (Lipinski definition) is 1. The summed E-state index contributed by atoms with van der Waals surface area (Å²) in [5.74, 6) is 0. The molecular weight excluding hydrogens is 226 g/mol. The normalized spacial score (nSPS) is 21.0. The Hall–Kier alpha value is -2.17. The topological polar surface area (TPSA) is 61.4 Å². The van der Waals surface area contributed by atoms with Gasteiger partial charge in [0.2, 0.25) is 6.34 Å². The van der Waals surface area contributed by atoms with E-state index in [-0.39, 0.29) is 0 Å². The van der Waals surface area contributed by atoms with Gasteiger partial charge in [-0.1, -0.05) is 17.7 Å². The molecule has 1 aliphatic heterocycles. The summed E-state index contributed by atoms with van der Waals surface area (Å²) in [6, 6.07) is 12.7. The summed E-state index contributed by atoms with van der Waals surface area (Å²) in [5.41, 5.74) is 9.33. The van der Waals surface area contributed by atoms with E-state index in [1.165, 1.54) is 6.34 Å². The van der Waals surface area contributed by atoms with Gasteiger partial charge in [0.05, 0.1) is 0 Å². The minimum atomic E-state index is -0.657. The number of aliphatic imine (C=N–C) groups is 1. The minimum Gasteiger partial charge on any atom is -0.616 e. The number of hydroxylamine groups is 1. The fourth-order valence-corrected chi connectivity index (χ4v) is 2.10. The van der Waals surface area contributed by atoms with Crippen LogP contribution < -0.4 is 10.4 Å². The largest absolute Gasteiger partial charge is 0.616 e. The Morgan fingerprint density at radius 1 is 1.11 bits per heavy atom. The summed E-state index contributed by atoms with van der Waals surface area (Å²) in [4.78, 5) is 4.17. The molecule has 0 saturated carbocycles. The van der Waals surface area contributed by atoms with Crippen molar-refractivity contribution < 1.29 is 0 Å². The van der Waals surface area contributed by atoms with Gasteiger partial charge < -0.3 is 10.9 Å². The number of rotatable bonds is 1. The highest BCUT2D eigenvalue weighted by molar-refractivity contribution is 5.96. The Labute approximate surface area is 105 Å². The molecule has 4 heteroatoms. The van der Waals surface area contributed by atoms with Crippen molar-refractivity contribution in [2.24, 2.45) is 4.99 Å². The second kappa shape index (κ2) is 3.66. The molecule has 1 aliphatic rings. The summed E-state index contributed by atoms with van der Waals surface area (Å²) in [6.45, 7) is 1.99. The van der Waals surface area contributed by atoms with Gasteiger partial charge in [0.1, 0.15) is 11.4 Å². The molecule has 1 unspecified atom stereocenters. The predicted octanol–water partition coefficient (Wildman–Crippen LogP) is 3.39. The zero-order valence-electron chi connectivity index (χ0n) is 10.00. The number of aryl methyl sites for hydroxylation is 1. The number of nitrogens with two attached hydrogens (primary N) is 1. The molecule has 0 bridgehead atoms. The zero-order chi connectivity index (χ0) is 12.8. The molecule has 90 valence electrons. The van der Waals surface area contributed by atoms with Crippen molar-refractivity contribution in [1.82, 2.24) is 4.65 Å². The van der Waals surface area contributed by atoms with E-state index < -0.39 is 4.65 Å². The van der Waals surface area contributed by atoms with Crippen LogP contribution in [0.1, 0.15) is 5.56 Å². The Kier molecular flexibility index (Phi) is 2.23. The molecule has 4 nitrogen and oxygen atoms in total. The molecule has 0 fully saturated rings. The van der Waals surface area contributed by atoms with E-state index >= 15 is 0 Å². The van der Waals surface area contributed by atoms with Crippen LogP contribution in [-0.2, 0) is 0 Å². The molecule has 0 spiro atoms. The molecule has 0 aromatic heterocycles. The Morgan fingerprint density at radius 3 is 2.56 bits per heavy atom. The van der Waals surface area contributed by atoms with E-state index in [0.717, 1.165) is 5.56 Å². The zero-order valence-corrected chi connectivity index (χ0v) is 10.00. The van der Waals surface area contributed by atoms with Gasteiger partial charge in [0.15, 0.2) is 5.69 Å². The molecule has 0 radical (unpaired) electrons. The molecule has 2 aromatic carbocycles. The highest BCUT2D eigenvalue weighted by Crippen LogP contribution is 2.44. The van der Waals surface area contributed by atoms with E-state index in [1.807, 2.05) is 31.2 Å². The quantitative estimate of drug-likeness (QED) is 0.471. The molecule has 2 aromatic rings. The Morgan fingerprint density at radius 2 is 1.83 bits per heavy atom. The first-order chi connectivity index (χ1) is 8.59. The first-order valence-corrected chi connectivity index (χ1v) is 5.72. The van der Waals surface area contributed by atoms with E-state index in [4.69, 9.17) is 5.73 Å². The first kappa shape index (κ1) is 11.0. The third-order valence-corrected chi connectivity index (χ3v) is 3.13. The van der Waals surface area contributed by atoms with Crippen molar-refractivity contribution in [2.45, 2.75) is 6.92 Å². The van der Waals surface area contributed by atoms with Gasteiger partial charge in [-0.15, -0.1) is 0 Å². The van der Waals surface area contributed by atoms with Crippen LogP contribution in [0.25, 0.3) is 0 Å². The molecular formula is C14H13N3O. The highest BCUT2D eigenvalue weighted by Gasteiger charge is 2.30. The number of benzene rings is 2. The highest BCUT2D eigenvalue weighted by atomic mass is 16.5. The van der Waals surface area contributed by atoms with Gasteiger partial charge in [-0.05, 0) is 19.1 Å². The van der Waals surface area contributed by atoms with Gasteiger partial charge in [-0.25, -0.2) is 0 Å². The summed E-state index contributed by atoms with van der Waals surface area (Å²) >= 11 is 0. The lowest BCUT2D eigenvalue weighted by Crippen LogP contribution is -2.33. The fourth-order valence-electron chi connectivity index (χ4n) is 2.10. The number of fused-ring (bicyclic) bond motifs is 1. The second-order valence-electron chi connectivity index (χ2n) is 4.49. The lowest BCUT2D eigenvalue weighted by Gasteiger charge is -2.33. The van der Waals surface area contributed by atoms with Crippen LogP contribution >= 0.6 is 0 Å². The van der Waals surface area contributed by atoms with Crippen molar-refractivity contribution in [3.05, 3.63) is 53.2 Å². The molecule has 3 rings (SSSR count). The van der Waals surface area contributed by atoms with Crippen LogP contribution in [-0.4, -0.2) is 6.34 Å². The number of quaternary nitrogens is 1. The molecule has 0 aliphatic carbocycles. The van der Waals surface area contributed by atoms with E-state index in [9.17, 15) is 5.21 Å². The molecule has 0 amide bonds. The van der Waals surface area contributed by atoms with Crippen molar-refractivity contribution in [2.75, 3.05) is 5.73 Å². The van der Waals surface area contributed by atoms with Gasteiger partial charge in [-0.3, -0.25) is 4.65 Å². The first-order valence-electron chi connectivity index (χ1n) is 5.72. The van der Waals surface area contributed by atoms with Gasteiger partial charge in [0, 0.05) is 23.9 Å². The standard InChI is InChI=1S/C14H13N3O/c1-10-2-5-12(6-3-10)17(18)9-16-13-8-11(15)4-7-14(13)17/h2-9H,15H2,1H3. The fraction of sp³-hybridized carbons (Fsp3) is 0.0714. The third-order valence-electron chi connectivity index (χ3n) is 3.13. The number of nitrogens with zero attached hydrogens (tertiary/aromatic N) is 2. The van der Waals surface area contributed by atoms with Crippen molar-refractivity contribution >= 4 is 29.1 Å². The molecule has 2 N–H and O–H groups in total. The lowest BCUT2D eigenvalue weighted by atomic mass is 10.2. The van der Waals surface area contributed by atoms with Gasteiger partial charge in [0.25, 0.3) is 0 Å². The average molecular weight is 239 g/mol. The van der Waals surface area contributed by atoms with E-state index in [2.05, 4.69) is 4.99 Å².